The van der Waals surface area contributed by atoms with Gasteiger partial charge in [-0.2, -0.15) is 0 Å². The van der Waals surface area contributed by atoms with E-state index in [0.717, 1.165) is 43.5 Å². The lowest BCUT2D eigenvalue weighted by atomic mass is 9.84. The molecule has 0 fully saturated rings. The second-order valence-corrected chi connectivity index (χ2v) is 11.4. The van der Waals surface area contributed by atoms with E-state index in [4.69, 9.17) is 31.3 Å². The van der Waals surface area contributed by atoms with Crippen LogP contribution in [0.25, 0.3) is 0 Å². The summed E-state index contributed by atoms with van der Waals surface area (Å²) in [7, 11) is 0. The van der Waals surface area contributed by atoms with Crippen molar-refractivity contribution in [3.63, 3.8) is 0 Å². The summed E-state index contributed by atoms with van der Waals surface area (Å²) in [5, 5.41) is 19.2. The van der Waals surface area contributed by atoms with Gasteiger partial charge < -0.3 is 19.7 Å². The quantitative estimate of drug-likeness (QED) is 0.0871. The predicted molar refractivity (Wildman–Crippen MR) is 162 cm³/mol. The highest BCUT2D eigenvalue weighted by Gasteiger charge is 2.25. The normalized spacial score (nSPS) is 12.7. The number of aliphatic hydroxyl groups excluding tert-OH is 2. The van der Waals surface area contributed by atoms with Crippen LogP contribution in [0.2, 0.25) is 5.02 Å². The van der Waals surface area contributed by atoms with Crippen LogP contribution in [0.15, 0.2) is 42.5 Å². The Bertz CT molecular complexity index is 896. The van der Waals surface area contributed by atoms with Crippen LogP contribution in [0.5, 0.6) is 0 Å². The third kappa shape index (κ3) is 14.0. The number of carbonyl (C=O) groups excluding carboxylic acids is 2. The van der Waals surface area contributed by atoms with Crippen molar-refractivity contribution >= 4 is 23.5 Å². The average Bonchev–Trinajstić information content (AvgIpc) is 2.96. The number of unbranched alkanes of at least 4 members (excludes halogenated alkanes) is 4. The number of aryl methyl sites for hydroxylation is 2. The highest BCUT2D eigenvalue weighted by atomic mass is 35.5. The molecular weight excluding hydrogens is 528 g/mol. The summed E-state index contributed by atoms with van der Waals surface area (Å²) in [6.07, 6.45) is 12.0. The van der Waals surface area contributed by atoms with Crippen LogP contribution in [0.4, 0.5) is 0 Å². The largest absolute Gasteiger partial charge is 0.462 e. The van der Waals surface area contributed by atoms with Crippen molar-refractivity contribution in [2.24, 2.45) is 17.8 Å². The van der Waals surface area contributed by atoms with E-state index < -0.39 is 25.2 Å². The number of carbonyl (C=O) groups is 2. The molecule has 0 saturated carbocycles. The fraction of sp³-hybridized carbons (Fsp3) is 0.636. The van der Waals surface area contributed by atoms with E-state index >= 15 is 0 Å². The number of halogens is 1. The average molecular weight is 579 g/mol. The first-order valence-electron chi connectivity index (χ1n) is 14.8. The second-order valence-electron chi connectivity index (χ2n) is 11.0. The molecule has 0 amide bonds. The molecule has 226 valence electrons. The predicted octanol–water partition coefficient (Wildman–Crippen LogP) is 7.03. The van der Waals surface area contributed by atoms with Crippen molar-refractivity contribution in [3.05, 3.63) is 58.7 Å². The smallest absolute Gasteiger partial charge is 0.335 e. The van der Waals surface area contributed by atoms with E-state index in [2.05, 4.69) is 52.1 Å². The number of hydrogen-bond donors (Lipinski definition) is 2. The highest BCUT2D eigenvalue weighted by molar-refractivity contribution is 6.31. The Morgan fingerprint density at radius 1 is 0.850 bits per heavy atom. The van der Waals surface area contributed by atoms with Gasteiger partial charge in [-0.3, -0.25) is 0 Å². The molecule has 0 aromatic heterocycles. The van der Waals surface area contributed by atoms with Crippen molar-refractivity contribution < 1.29 is 29.3 Å². The van der Waals surface area contributed by atoms with Crippen molar-refractivity contribution in [2.45, 2.75) is 91.4 Å². The van der Waals surface area contributed by atoms with Crippen LogP contribution >= 0.6 is 11.6 Å². The lowest BCUT2D eigenvalue weighted by Crippen LogP contribution is -2.29. The van der Waals surface area contributed by atoms with E-state index in [1.54, 1.807) is 0 Å². The summed E-state index contributed by atoms with van der Waals surface area (Å²) < 4.78 is 10.7. The highest BCUT2D eigenvalue weighted by Crippen LogP contribution is 2.28. The van der Waals surface area contributed by atoms with Crippen LogP contribution in [-0.2, 0) is 31.9 Å². The third-order valence-electron chi connectivity index (χ3n) is 7.63. The molecule has 2 unspecified atom stereocenters. The molecule has 0 radical (unpaired) electrons. The molecule has 2 atom stereocenters. The fourth-order valence-electron chi connectivity index (χ4n) is 4.72. The van der Waals surface area contributed by atoms with Gasteiger partial charge in [0.2, 0.25) is 0 Å². The van der Waals surface area contributed by atoms with E-state index in [9.17, 15) is 9.59 Å². The molecule has 0 aliphatic carbocycles. The summed E-state index contributed by atoms with van der Waals surface area (Å²) in [4.78, 5) is 24.1. The van der Waals surface area contributed by atoms with Gasteiger partial charge in [0.1, 0.15) is 0 Å². The standard InChI is InChI=1S/C33H51ClO6/c1-6-8-9-10-11-12-29-18-16-27(19-31(29)34)15-13-24(3)14-17-28(7-2)30(22-39-32(37)25(4)20-35)23-40-33(38)26(5)21-36/h16,18-19,24,28,30,35-36H,4-15,17,20-23H2,1-3H3. The molecular formula is C33H51ClO6. The van der Waals surface area contributed by atoms with Crippen LogP contribution in [-0.4, -0.2) is 48.6 Å². The Kier molecular flexibility index (Phi) is 18.6. The molecule has 7 heteroatoms. The van der Waals surface area contributed by atoms with Crippen LogP contribution in [0.1, 0.15) is 89.7 Å². The van der Waals surface area contributed by atoms with E-state index in [0.29, 0.717) is 5.92 Å². The molecule has 6 nitrogen and oxygen atoms in total. The monoisotopic (exact) mass is 578 g/mol. The summed E-state index contributed by atoms with van der Waals surface area (Å²) in [5.41, 5.74) is 2.44. The molecule has 1 rings (SSSR count). The molecule has 0 aliphatic heterocycles. The maximum absolute atomic E-state index is 12.1. The van der Waals surface area contributed by atoms with Gasteiger partial charge in [-0.1, -0.05) is 96.2 Å². The lowest BCUT2D eigenvalue weighted by Gasteiger charge is -2.27. The molecule has 0 spiro atoms. The van der Waals surface area contributed by atoms with Gasteiger partial charge in [0.15, 0.2) is 0 Å². The topological polar surface area (TPSA) is 93.1 Å². The van der Waals surface area contributed by atoms with Crippen LogP contribution in [0, 0.1) is 17.8 Å². The van der Waals surface area contributed by atoms with Gasteiger partial charge in [0.25, 0.3) is 0 Å². The first kappa shape index (κ1) is 35.9. The summed E-state index contributed by atoms with van der Waals surface area (Å²) >= 11 is 6.59. The maximum Gasteiger partial charge on any atom is 0.335 e. The summed E-state index contributed by atoms with van der Waals surface area (Å²) in [6.45, 7) is 12.7. The Hall–Kier alpha value is -2.15. The Balaban J connectivity index is 2.65. The second kappa shape index (κ2) is 20.7. The SMILES string of the molecule is C=C(CO)C(=O)OCC(COC(=O)C(=C)CO)C(CC)CCC(C)CCc1ccc(CCCCCCC)c(Cl)c1. The van der Waals surface area contributed by atoms with Crippen LogP contribution < -0.4 is 0 Å². The van der Waals surface area contributed by atoms with Crippen molar-refractivity contribution in [1.82, 2.24) is 0 Å². The Labute approximate surface area is 246 Å². The van der Waals surface area contributed by atoms with Gasteiger partial charge in [-0.15, -0.1) is 0 Å². The Morgan fingerprint density at radius 3 is 1.98 bits per heavy atom. The van der Waals surface area contributed by atoms with E-state index in [1.165, 1.54) is 43.2 Å². The maximum atomic E-state index is 12.1. The third-order valence-corrected chi connectivity index (χ3v) is 7.98. The number of aliphatic hydroxyl groups is 2. The number of hydrogen-bond acceptors (Lipinski definition) is 6. The number of ether oxygens (including phenoxy) is 2. The fourth-order valence-corrected chi connectivity index (χ4v) is 5.01. The minimum absolute atomic E-state index is 0.0221. The first-order valence-corrected chi connectivity index (χ1v) is 15.2. The van der Waals surface area contributed by atoms with Gasteiger partial charge in [-0.05, 0) is 61.1 Å². The molecule has 2 N–H and O–H groups in total. The van der Waals surface area contributed by atoms with Crippen molar-refractivity contribution in [1.29, 1.82) is 0 Å². The molecule has 1 aromatic rings. The number of rotatable bonds is 22. The van der Waals surface area contributed by atoms with E-state index in [1.807, 2.05) is 0 Å². The van der Waals surface area contributed by atoms with Gasteiger partial charge in [0.05, 0.1) is 37.6 Å². The molecule has 0 aliphatic rings. The summed E-state index contributed by atoms with van der Waals surface area (Å²) in [6, 6.07) is 6.50. The van der Waals surface area contributed by atoms with Crippen molar-refractivity contribution in [2.75, 3.05) is 26.4 Å². The van der Waals surface area contributed by atoms with Gasteiger partial charge in [0, 0.05) is 10.9 Å². The Morgan fingerprint density at radius 2 is 1.45 bits per heavy atom. The van der Waals surface area contributed by atoms with Crippen molar-refractivity contribution in [3.8, 4) is 0 Å². The first-order chi connectivity index (χ1) is 19.2. The number of esters is 2. The zero-order valence-corrected chi connectivity index (χ0v) is 25.6. The molecule has 0 heterocycles. The summed E-state index contributed by atoms with van der Waals surface area (Å²) in [5.74, 6) is -0.929. The van der Waals surface area contributed by atoms with Crippen LogP contribution in [0.3, 0.4) is 0 Å². The van der Waals surface area contributed by atoms with Gasteiger partial charge in [-0.25, -0.2) is 9.59 Å². The van der Waals surface area contributed by atoms with E-state index in [-0.39, 0.29) is 36.2 Å². The van der Waals surface area contributed by atoms with Gasteiger partial charge >= 0.3 is 11.9 Å². The zero-order valence-electron chi connectivity index (χ0n) is 24.9. The molecule has 0 bridgehead atoms. The zero-order chi connectivity index (χ0) is 29.9. The minimum atomic E-state index is -0.664. The number of benzene rings is 1. The molecule has 1 aromatic carbocycles. The molecule has 40 heavy (non-hydrogen) atoms. The lowest BCUT2D eigenvalue weighted by molar-refractivity contribution is -0.146. The molecule has 0 saturated heterocycles. The minimum Gasteiger partial charge on any atom is -0.462 e.